The van der Waals surface area contributed by atoms with Gasteiger partial charge >= 0.3 is 15.6 Å². The number of aliphatic hydroxyl groups excluding tert-OH is 2. The van der Waals surface area contributed by atoms with Crippen LogP contribution in [-0.2, 0) is 27.5 Å². The maximum absolute atomic E-state index is 11.6. The fourth-order valence-electron chi connectivity index (χ4n) is 2.55. The van der Waals surface area contributed by atoms with Gasteiger partial charge in [-0.2, -0.15) is 9.30 Å². The summed E-state index contributed by atoms with van der Waals surface area (Å²) in [6.07, 6.45) is -3.64. The van der Waals surface area contributed by atoms with Crippen molar-refractivity contribution in [2.45, 2.75) is 30.6 Å². The van der Waals surface area contributed by atoms with Crippen molar-refractivity contribution in [2.75, 3.05) is 6.61 Å². The number of aliphatic imine (C=N–C) groups is 3. The summed E-state index contributed by atoms with van der Waals surface area (Å²) in [6, 6.07) is -1.01. The van der Waals surface area contributed by atoms with E-state index in [1.165, 1.54) is 4.90 Å². The van der Waals surface area contributed by atoms with Crippen molar-refractivity contribution in [3.8, 4) is 0 Å². The summed E-state index contributed by atoms with van der Waals surface area (Å²) >= 11 is 0. The van der Waals surface area contributed by atoms with Crippen molar-refractivity contribution in [1.29, 1.82) is 0 Å². The van der Waals surface area contributed by atoms with Crippen LogP contribution in [0.2, 0.25) is 0 Å². The van der Waals surface area contributed by atoms with Crippen LogP contribution >= 0.6 is 15.6 Å². The second-order valence-corrected chi connectivity index (χ2v) is 8.36. The Hall–Kier alpha value is -0.380. The second-order valence-electron chi connectivity index (χ2n) is 5.53. The van der Waals surface area contributed by atoms with Crippen LogP contribution in [0.15, 0.2) is 15.0 Å². The standard InChI is InChI=1S/C10H14N4O11P2.Na/c15-6-4(1-23-27(21,22)25-26(18,19)20)24-10(7(6)16)14-3-13-5-8(14)11-2-12-9(5)17;/h2-7,10,15-16H,1H2,(H,21,22)(H2,18,19,20);/t4-,5?,6-,7-,10-;/m1./s1. The van der Waals surface area contributed by atoms with Crippen LogP contribution in [0, 0.1) is 0 Å². The zero-order valence-electron chi connectivity index (χ0n) is 14.1. The van der Waals surface area contributed by atoms with Gasteiger partial charge in [-0.1, -0.05) is 0 Å². The molecule has 3 aliphatic heterocycles. The zero-order valence-corrected chi connectivity index (χ0v) is 17.9. The summed E-state index contributed by atoms with van der Waals surface area (Å²) in [7, 11) is -10.5. The van der Waals surface area contributed by atoms with Crippen LogP contribution in [-0.4, -0.2) is 121 Å². The molecule has 0 aliphatic carbocycles. The quantitative estimate of drug-likeness (QED) is 0.201. The molecule has 3 rings (SSSR count). The van der Waals surface area contributed by atoms with E-state index >= 15 is 0 Å². The van der Waals surface area contributed by atoms with Gasteiger partial charge in [-0.05, 0) is 0 Å². The Labute approximate surface area is 178 Å². The summed E-state index contributed by atoms with van der Waals surface area (Å²) in [5, 5.41) is 20.2. The Morgan fingerprint density at radius 3 is 2.54 bits per heavy atom. The van der Waals surface area contributed by atoms with E-state index in [0.29, 0.717) is 0 Å². The van der Waals surface area contributed by atoms with Crippen LogP contribution in [0.3, 0.4) is 0 Å². The number of fused-ring (bicyclic) bond motifs is 1. The molecular weight excluding hydrogens is 437 g/mol. The molecule has 0 spiro atoms. The van der Waals surface area contributed by atoms with Crippen molar-refractivity contribution < 1.29 is 52.4 Å². The van der Waals surface area contributed by atoms with E-state index in [9.17, 15) is 29.0 Å². The molecule has 0 bridgehead atoms. The fourth-order valence-corrected chi connectivity index (χ4v) is 4.15. The molecule has 0 aromatic heterocycles. The predicted molar refractivity (Wildman–Crippen MR) is 90.4 cm³/mol. The third-order valence-electron chi connectivity index (χ3n) is 3.68. The molecule has 0 aromatic rings. The van der Waals surface area contributed by atoms with Gasteiger partial charge in [0.25, 0.3) is 5.91 Å². The van der Waals surface area contributed by atoms with Crippen LogP contribution in [0.1, 0.15) is 0 Å². The first kappa shape index (κ1) is 23.9. The summed E-state index contributed by atoms with van der Waals surface area (Å²) in [5.41, 5.74) is 0. The van der Waals surface area contributed by atoms with Crippen molar-refractivity contribution in [3.05, 3.63) is 0 Å². The van der Waals surface area contributed by atoms with Gasteiger partial charge in [-0.15, -0.1) is 0 Å². The van der Waals surface area contributed by atoms with Gasteiger partial charge in [0.05, 0.1) is 12.9 Å². The number of phosphoric acid groups is 2. The molecule has 5 N–H and O–H groups in total. The summed E-state index contributed by atoms with van der Waals surface area (Å²) in [6.45, 7) is -0.843. The molecule has 28 heavy (non-hydrogen) atoms. The predicted octanol–water partition coefficient (Wildman–Crippen LogP) is -3.04. The number of amides is 1. The first-order chi connectivity index (χ1) is 12.5. The molecule has 1 fully saturated rings. The number of carbonyl (C=O) groups excluding carboxylic acids is 1. The third-order valence-corrected chi connectivity index (χ3v) is 5.83. The Morgan fingerprint density at radius 1 is 1.21 bits per heavy atom. The van der Waals surface area contributed by atoms with Gasteiger partial charge in [-0.25, -0.2) is 14.1 Å². The maximum atomic E-state index is 11.6. The second kappa shape index (κ2) is 8.78. The van der Waals surface area contributed by atoms with Crippen LogP contribution in [0.25, 0.3) is 0 Å². The van der Waals surface area contributed by atoms with Gasteiger partial charge in [0.15, 0.2) is 12.3 Å². The van der Waals surface area contributed by atoms with E-state index in [-0.39, 0.29) is 35.4 Å². The van der Waals surface area contributed by atoms with Crippen LogP contribution < -0.4 is 0 Å². The molecule has 2 unspecified atom stereocenters. The summed E-state index contributed by atoms with van der Waals surface area (Å²) in [5.74, 6) is -0.479. The minimum atomic E-state index is -5.30. The van der Waals surface area contributed by atoms with Crippen molar-refractivity contribution in [2.24, 2.45) is 15.0 Å². The van der Waals surface area contributed by atoms with Gasteiger partial charge in [-0.3, -0.25) is 19.2 Å². The fraction of sp³-hybridized carbons (Fsp3) is 0.600. The largest absolute Gasteiger partial charge is 0.481 e. The summed E-state index contributed by atoms with van der Waals surface area (Å²) in [4.78, 5) is 50.4. The number of amidine groups is 1. The number of rotatable bonds is 6. The van der Waals surface area contributed by atoms with Crippen LogP contribution in [0.5, 0.6) is 0 Å². The van der Waals surface area contributed by atoms with E-state index < -0.39 is 58.7 Å². The minimum Gasteiger partial charge on any atom is -0.387 e. The molecule has 0 saturated carbocycles. The molecule has 151 valence electrons. The number of aliphatic hydroxyl groups is 2. The Balaban J connectivity index is 0.00000280. The number of nitrogens with zero attached hydrogens (tertiary/aromatic N) is 4. The number of hydrogen-bond acceptors (Lipinski definition) is 11. The van der Waals surface area contributed by atoms with E-state index in [0.717, 1.165) is 12.7 Å². The minimum absolute atomic E-state index is 0. The number of hydrogen-bond donors (Lipinski definition) is 5. The summed E-state index contributed by atoms with van der Waals surface area (Å²) < 4.78 is 35.4. The van der Waals surface area contributed by atoms with Crippen LogP contribution in [0.4, 0.5) is 0 Å². The van der Waals surface area contributed by atoms with Crippen molar-refractivity contribution >= 4 is 69.6 Å². The average molecular weight is 451 g/mol. The normalized spacial score (nSPS) is 34.0. The molecule has 18 heteroatoms. The molecular formula is C10H14N4NaO11P2. The van der Waals surface area contributed by atoms with E-state index in [2.05, 4.69) is 23.8 Å². The zero-order chi connectivity index (χ0) is 20.0. The first-order valence-electron chi connectivity index (χ1n) is 7.20. The van der Waals surface area contributed by atoms with E-state index in [1.807, 2.05) is 0 Å². The van der Waals surface area contributed by atoms with Gasteiger partial charge < -0.3 is 29.6 Å². The van der Waals surface area contributed by atoms with Gasteiger partial charge in [0.1, 0.15) is 30.5 Å². The SMILES string of the molecule is O=C1N=CN=C2C1N=CN2[C@@H]1O[C@H](COP(=O)(O)OP(=O)(O)O)[C@@H](O)[C@H]1O.[Na]. The molecule has 0 aromatic carbocycles. The molecule has 3 heterocycles. The molecule has 3 aliphatic rings. The Bertz CT molecular complexity index is 815. The first-order valence-corrected chi connectivity index (χ1v) is 10.2. The maximum Gasteiger partial charge on any atom is 0.481 e. The van der Waals surface area contributed by atoms with Gasteiger partial charge in [0, 0.05) is 29.6 Å². The third kappa shape index (κ3) is 5.21. The van der Waals surface area contributed by atoms with E-state index in [4.69, 9.17) is 14.5 Å². The smallest absolute Gasteiger partial charge is 0.387 e. The Morgan fingerprint density at radius 2 is 1.89 bits per heavy atom. The number of phosphoric ester groups is 1. The van der Waals surface area contributed by atoms with Crippen molar-refractivity contribution in [1.82, 2.24) is 4.90 Å². The number of carbonyl (C=O) groups is 1. The molecule has 1 radical (unpaired) electrons. The van der Waals surface area contributed by atoms with E-state index in [1.54, 1.807) is 0 Å². The molecule has 1 amide bonds. The topological polar surface area (TPSA) is 220 Å². The molecule has 1 saturated heterocycles. The molecule has 15 nitrogen and oxygen atoms in total. The monoisotopic (exact) mass is 451 g/mol. The average Bonchev–Trinajstić information content (AvgIpc) is 3.07. The van der Waals surface area contributed by atoms with Gasteiger partial charge in [0.2, 0.25) is 0 Å². The van der Waals surface area contributed by atoms with Crippen molar-refractivity contribution in [3.63, 3.8) is 0 Å². The number of ether oxygens (including phenoxy) is 1. The Kier molecular flexibility index (Phi) is 7.49. The molecule has 6 atom stereocenters.